The Balaban J connectivity index is 1.32. The van der Waals surface area contributed by atoms with E-state index in [0.717, 1.165) is 37.3 Å². The van der Waals surface area contributed by atoms with Crippen LogP contribution in [0.25, 0.3) is 6.08 Å². The van der Waals surface area contributed by atoms with E-state index in [4.69, 9.17) is 0 Å². The van der Waals surface area contributed by atoms with Crippen LogP contribution in [0, 0.1) is 0 Å². The highest BCUT2D eigenvalue weighted by Crippen LogP contribution is 2.28. The lowest BCUT2D eigenvalue weighted by Gasteiger charge is -2.26. The minimum Gasteiger partial charge on any atom is -0.351 e. The molecule has 0 bridgehead atoms. The van der Waals surface area contributed by atoms with E-state index in [1.165, 1.54) is 17.7 Å². The van der Waals surface area contributed by atoms with Crippen LogP contribution in [0.1, 0.15) is 42.2 Å². The molecule has 3 heterocycles. The van der Waals surface area contributed by atoms with Crippen molar-refractivity contribution < 1.29 is 9.59 Å². The van der Waals surface area contributed by atoms with Crippen LogP contribution in [-0.4, -0.2) is 42.9 Å². The number of anilines is 1. The van der Waals surface area contributed by atoms with E-state index in [1.807, 2.05) is 35.2 Å². The molecule has 2 amide bonds. The van der Waals surface area contributed by atoms with Crippen molar-refractivity contribution in [2.75, 3.05) is 31.1 Å². The summed E-state index contributed by atoms with van der Waals surface area (Å²) < 4.78 is 0. The average Bonchev–Trinajstić information content (AvgIpc) is 3.50. The maximum Gasteiger partial charge on any atom is 0.244 e. The fourth-order valence-electron chi connectivity index (χ4n) is 4.06. The van der Waals surface area contributed by atoms with E-state index in [2.05, 4.69) is 27.7 Å². The number of carbonyl (C=O) groups is 2. The molecular weight excluding hydrogens is 382 g/mol. The predicted octanol–water partition coefficient (Wildman–Crippen LogP) is 3.84. The van der Waals surface area contributed by atoms with Crippen molar-refractivity contribution in [2.24, 2.45) is 0 Å². The molecule has 0 saturated carbocycles. The van der Waals surface area contributed by atoms with Gasteiger partial charge in [-0.15, -0.1) is 11.3 Å². The van der Waals surface area contributed by atoms with Gasteiger partial charge in [0.15, 0.2) is 0 Å². The van der Waals surface area contributed by atoms with E-state index in [1.54, 1.807) is 17.4 Å². The molecule has 0 radical (unpaired) electrons. The number of nitrogens with zero attached hydrogens (tertiary/aromatic N) is 2. The topological polar surface area (TPSA) is 52.7 Å². The maximum absolute atomic E-state index is 12.4. The van der Waals surface area contributed by atoms with Crippen molar-refractivity contribution in [1.29, 1.82) is 0 Å². The Hall–Kier alpha value is -2.44. The molecule has 1 aromatic heterocycles. The smallest absolute Gasteiger partial charge is 0.244 e. The molecule has 2 saturated heterocycles. The highest BCUT2D eigenvalue weighted by atomic mass is 32.1. The summed E-state index contributed by atoms with van der Waals surface area (Å²) in [5, 5.41) is 5.16. The van der Waals surface area contributed by atoms with Crippen LogP contribution >= 0.6 is 11.3 Å². The number of thiophene rings is 1. The van der Waals surface area contributed by atoms with Gasteiger partial charge in [-0.3, -0.25) is 14.5 Å². The second-order valence-corrected chi connectivity index (χ2v) is 8.57. The Labute approximate surface area is 176 Å². The second-order valence-electron chi connectivity index (χ2n) is 7.59. The minimum absolute atomic E-state index is 0.0791. The van der Waals surface area contributed by atoms with Gasteiger partial charge in [-0.05, 0) is 67.6 Å². The van der Waals surface area contributed by atoms with Gasteiger partial charge in [-0.2, -0.15) is 0 Å². The molecule has 29 heavy (non-hydrogen) atoms. The first-order valence-corrected chi connectivity index (χ1v) is 11.2. The zero-order valence-corrected chi connectivity index (χ0v) is 17.4. The molecule has 6 heteroatoms. The normalized spacial score (nSPS) is 18.6. The number of nitrogens with one attached hydrogen (secondary N) is 1. The summed E-state index contributed by atoms with van der Waals surface area (Å²) in [6.45, 7) is 3.61. The lowest BCUT2D eigenvalue weighted by molar-refractivity contribution is -0.117. The lowest BCUT2D eigenvalue weighted by atomic mass is 10.1. The van der Waals surface area contributed by atoms with Gasteiger partial charge in [0.25, 0.3) is 0 Å². The number of hydrogen-bond acceptors (Lipinski definition) is 4. The SMILES string of the molecule is O=C(C=Cc1ccc(N2CCCC2=O)cc1)NCC(c1cccs1)N1CCCC1. The summed E-state index contributed by atoms with van der Waals surface area (Å²) >= 11 is 1.75. The van der Waals surface area contributed by atoms with Crippen molar-refractivity contribution in [1.82, 2.24) is 10.2 Å². The number of rotatable bonds is 7. The predicted molar refractivity (Wildman–Crippen MR) is 118 cm³/mol. The number of likely N-dealkylation sites (tertiary alicyclic amines) is 1. The highest BCUT2D eigenvalue weighted by molar-refractivity contribution is 7.10. The van der Waals surface area contributed by atoms with Gasteiger partial charge in [0.05, 0.1) is 6.04 Å². The van der Waals surface area contributed by atoms with E-state index in [0.29, 0.717) is 13.0 Å². The van der Waals surface area contributed by atoms with Crippen molar-refractivity contribution in [2.45, 2.75) is 31.7 Å². The van der Waals surface area contributed by atoms with Gasteiger partial charge < -0.3 is 10.2 Å². The molecule has 2 fully saturated rings. The van der Waals surface area contributed by atoms with E-state index >= 15 is 0 Å². The zero-order valence-electron chi connectivity index (χ0n) is 16.5. The first-order valence-electron chi connectivity index (χ1n) is 10.3. The third-order valence-corrected chi connectivity index (χ3v) is 6.60. The van der Waals surface area contributed by atoms with Crippen LogP contribution in [0.15, 0.2) is 47.9 Å². The molecule has 1 aromatic carbocycles. The van der Waals surface area contributed by atoms with Gasteiger partial charge >= 0.3 is 0 Å². The second kappa shape index (κ2) is 9.37. The number of amides is 2. The molecule has 5 nitrogen and oxygen atoms in total. The molecule has 4 rings (SSSR count). The molecular formula is C23H27N3O2S. The molecule has 2 aromatic rings. The van der Waals surface area contributed by atoms with Crippen LogP contribution in [-0.2, 0) is 9.59 Å². The Morgan fingerprint density at radius 3 is 2.55 bits per heavy atom. The molecule has 152 valence electrons. The van der Waals surface area contributed by atoms with Gasteiger partial charge in [0, 0.05) is 36.2 Å². The van der Waals surface area contributed by atoms with Crippen LogP contribution in [0.4, 0.5) is 5.69 Å². The van der Waals surface area contributed by atoms with Crippen LogP contribution in [0.2, 0.25) is 0 Å². The number of benzene rings is 1. The standard InChI is InChI=1S/C23H27N3O2S/c27-22(24-17-20(21-5-4-16-29-21)25-13-1-2-14-25)12-9-18-7-10-19(11-8-18)26-15-3-6-23(26)28/h4-5,7-12,16,20H,1-3,6,13-15,17H2,(H,24,27). The summed E-state index contributed by atoms with van der Waals surface area (Å²) in [6, 6.07) is 12.3. The monoisotopic (exact) mass is 409 g/mol. The van der Waals surface area contributed by atoms with Crippen molar-refractivity contribution >= 4 is 34.9 Å². The Morgan fingerprint density at radius 2 is 1.90 bits per heavy atom. The molecule has 0 aliphatic carbocycles. The largest absolute Gasteiger partial charge is 0.351 e. The lowest BCUT2D eigenvalue weighted by Crippen LogP contribution is -2.35. The number of hydrogen-bond donors (Lipinski definition) is 1. The van der Waals surface area contributed by atoms with Crippen LogP contribution < -0.4 is 10.2 Å². The van der Waals surface area contributed by atoms with Crippen molar-refractivity contribution in [3.63, 3.8) is 0 Å². The van der Waals surface area contributed by atoms with Gasteiger partial charge in [0.2, 0.25) is 11.8 Å². The summed E-state index contributed by atoms with van der Waals surface area (Å²) in [4.78, 5) is 29.8. The van der Waals surface area contributed by atoms with E-state index in [9.17, 15) is 9.59 Å². The zero-order chi connectivity index (χ0) is 20.1. The summed E-state index contributed by atoms with van der Waals surface area (Å²) in [5.74, 6) is 0.107. The highest BCUT2D eigenvalue weighted by Gasteiger charge is 2.24. The van der Waals surface area contributed by atoms with Gasteiger partial charge in [0.1, 0.15) is 0 Å². The van der Waals surface area contributed by atoms with Crippen molar-refractivity contribution in [3.8, 4) is 0 Å². The third-order valence-electron chi connectivity index (χ3n) is 5.63. The van der Waals surface area contributed by atoms with Gasteiger partial charge in [-0.1, -0.05) is 18.2 Å². The fraction of sp³-hybridized carbons (Fsp3) is 0.391. The van der Waals surface area contributed by atoms with E-state index < -0.39 is 0 Å². The average molecular weight is 410 g/mol. The Kier molecular flexibility index (Phi) is 6.42. The minimum atomic E-state index is -0.0791. The quantitative estimate of drug-likeness (QED) is 0.707. The van der Waals surface area contributed by atoms with Gasteiger partial charge in [-0.25, -0.2) is 0 Å². The molecule has 1 unspecified atom stereocenters. The van der Waals surface area contributed by atoms with Crippen LogP contribution in [0.3, 0.4) is 0 Å². The summed E-state index contributed by atoms with van der Waals surface area (Å²) in [5.41, 5.74) is 1.88. The first kappa shape index (κ1) is 19.9. The van der Waals surface area contributed by atoms with E-state index in [-0.39, 0.29) is 17.9 Å². The van der Waals surface area contributed by atoms with Crippen molar-refractivity contribution in [3.05, 3.63) is 58.3 Å². The van der Waals surface area contributed by atoms with Crippen LogP contribution in [0.5, 0.6) is 0 Å². The Morgan fingerprint density at radius 1 is 1.10 bits per heavy atom. The molecule has 0 spiro atoms. The number of carbonyl (C=O) groups excluding carboxylic acids is 2. The fourth-order valence-corrected chi connectivity index (χ4v) is 4.92. The Bertz CT molecular complexity index is 855. The summed E-state index contributed by atoms with van der Waals surface area (Å²) in [7, 11) is 0. The summed E-state index contributed by atoms with van der Waals surface area (Å²) in [6.07, 6.45) is 7.42. The molecule has 1 atom stereocenters. The molecule has 1 N–H and O–H groups in total. The molecule has 2 aliphatic rings. The molecule has 2 aliphatic heterocycles. The first-order chi connectivity index (χ1) is 14.2. The maximum atomic E-state index is 12.4. The third kappa shape index (κ3) is 4.95.